The van der Waals surface area contributed by atoms with Crippen LogP contribution in [0.4, 0.5) is 15.1 Å². The molecule has 1 atom stereocenters. The molecule has 5 rings (SSSR count). The molecule has 2 aliphatic heterocycles. The Hall–Kier alpha value is -3.24. The van der Waals surface area contributed by atoms with Crippen LogP contribution in [0.15, 0.2) is 36.7 Å². The van der Waals surface area contributed by atoms with Gasteiger partial charge >= 0.3 is 6.03 Å². The number of aromatic nitrogens is 4. The first kappa shape index (κ1) is 23.5. The van der Waals surface area contributed by atoms with E-state index in [0.717, 1.165) is 37.3 Å². The molecule has 1 aromatic carbocycles. The summed E-state index contributed by atoms with van der Waals surface area (Å²) in [5, 5.41) is 10.9. The number of anilines is 1. The number of benzene rings is 1. The van der Waals surface area contributed by atoms with Gasteiger partial charge in [0, 0.05) is 45.2 Å². The van der Waals surface area contributed by atoms with E-state index in [9.17, 15) is 9.18 Å². The normalized spacial score (nSPS) is 17.1. The molecule has 0 spiro atoms. The van der Waals surface area contributed by atoms with Gasteiger partial charge in [0.05, 0.1) is 23.0 Å². The van der Waals surface area contributed by atoms with Gasteiger partial charge in [-0.2, -0.15) is 5.10 Å². The van der Waals surface area contributed by atoms with E-state index in [1.807, 2.05) is 6.20 Å². The molecule has 2 N–H and O–H groups in total. The lowest BCUT2D eigenvalue weighted by Crippen LogP contribution is -2.44. The van der Waals surface area contributed by atoms with Crippen LogP contribution in [0.3, 0.4) is 0 Å². The Kier molecular flexibility index (Phi) is 6.83. The lowest BCUT2D eigenvalue weighted by Gasteiger charge is -2.30. The summed E-state index contributed by atoms with van der Waals surface area (Å²) >= 11 is 5.87. The zero-order valence-corrected chi connectivity index (χ0v) is 20.1. The van der Waals surface area contributed by atoms with Crippen molar-refractivity contribution in [1.29, 1.82) is 0 Å². The van der Waals surface area contributed by atoms with E-state index in [-0.39, 0.29) is 17.1 Å². The Morgan fingerprint density at radius 1 is 1.29 bits per heavy atom. The van der Waals surface area contributed by atoms with Gasteiger partial charge in [0.25, 0.3) is 0 Å². The van der Waals surface area contributed by atoms with E-state index in [1.165, 1.54) is 12.1 Å². The number of amides is 2. The minimum Gasteiger partial charge on any atom is -0.381 e. The number of carbonyl (C=O) groups is 1. The second kappa shape index (κ2) is 10.2. The number of ether oxygens (including phenoxy) is 1. The third-order valence-corrected chi connectivity index (χ3v) is 6.67. The van der Waals surface area contributed by atoms with Gasteiger partial charge in [-0.1, -0.05) is 17.7 Å². The molecule has 0 unspecified atom stereocenters. The monoisotopic (exact) mass is 499 g/mol. The third kappa shape index (κ3) is 5.38. The van der Waals surface area contributed by atoms with Crippen LogP contribution in [-0.4, -0.2) is 56.5 Å². The zero-order valence-electron chi connectivity index (χ0n) is 19.4. The number of halogens is 2. The largest absolute Gasteiger partial charge is 0.381 e. The SMILES string of the molecule is Cn1ccc([C@H](NC(=O)N2CCc3cnc(NC4CCOCC4)nc3C2)c2ccc(Cl)c(F)c2)n1. The van der Waals surface area contributed by atoms with Crippen LogP contribution in [0, 0.1) is 5.82 Å². The lowest BCUT2D eigenvalue weighted by atomic mass is 10.0. The average Bonchev–Trinajstić information content (AvgIpc) is 3.30. The summed E-state index contributed by atoms with van der Waals surface area (Å²) in [6.45, 7) is 2.34. The minimum atomic E-state index is -0.631. The first-order valence-electron chi connectivity index (χ1n) is 11.7. The van der Waals surface area contributed by atoms with Crippen molar-refractivity contribution in [3.05, 3.63) is 70.0 Å². The lowest BCUT2D eigenvalue weighted by molar-refractivity contribution is 0.0903. The molecule has 2 aliphatic rings. The van der Waals surface area contributed by atoms with E-state index in [1.54, 1.807) is 35.0 Å². The first-order chi connectivity index (χ1) is 17.0. The molecule has 0 saturated carbocycles. The number of fused-ring (bicyclic) bond motifs is 1. The summed E-state index contributed by atoms with van der Waals surface area (Å²) in [5.74, 6) is 0.0217. The van der Waals surface area contributed by atoms with E-state index < -0.39 is 11.9 Å². The summed E-state index contributed by atoms with van der Waals surface area (Å²) in [7, 11) is 1.79. The number of urea groups is 1. The molecular formula is C24H27ClFN7O2. The van der Waals surface area contributed by atoms with Gasteiger partial charge < -0.3 is 20.3 Å². The summed E-state index contributed by atoms with van der Waals surface area (Å²) in [6.07, 6.45) is 6.10. The summed E-state index contributed by atoms with van der Waals surface area (Å²) in [6, 6.07) is 5.67. The minimum absolute atomic E-state index is 0.0253. The maximum atomic E-state index is 14.2. The molecule has 0 aliphatic carbocycles. The summed E-state index contributed by atoms with van der Waals surface area (Å²) < 4.78 is 21.3. The van der Waals surface area contributed by atoms with Gasteiger partial charge in [0.2, 0.25) is 5.95 Å². The average molecular weight is 500 g/mol. The van der Waals surface area contributed by atoms with Crippen molar-refractivity contribution in [2.24, 2.45) is 7.05 Å². The molecule has 0 radical (unpaired) electrons. The zero-order chi connectivity index (χ0) is 24.4. The Morgan fingerprint density at radius 2 is 2.11 bits per heavy atom. The van der Waals surface area contributed by atoms with Gasteiger partial charge in [-0.05, 0) is 48.6 Å². The van der Waals surface area contributed by atoms with Crippen molar-refractivity contribution in [3.8, 4) is 0 Å². The molecule has 1 saturated heterocycles. The van der Waals surface area contributed by atoms with Crippen molar-refractivity contribution in [2.75, 3.05) is 25.1 Å². The van der Waals surface area contributed by atoms with Crippen LogP contribution in [0.25, 0.3) is 0 Å². The number of nitrogens with zero attached hydrogens (tertiary/aromatic N) is 5. The van der Waals surface area contributed by atoms with Crippen LogP contribution < -0.4 is 10.6 Å². The molecule has 1 fully saturated rings. The Balaban J connectivity index is 1.32. The van der Waals surface area contributed by atoms with Gasteiger partial charge in [0.15, 0.2) is 0 Å². The molecule has 2 aromatic heterocycles. The van der Waals surface area contributed by atoms with E-state index in [0.29, 0.717) is 36.7 Å². The van der Waals surface area contributed by atoms with E-state index in [2.05, 4.69) is 20.7 Å². The van der Waals surface area contributed by atoms with Crippen molar-refractivity contribution in [2.45, 2.75) is 37.9 Å². The maximum absolute atomic E-state index is 14.2. The first-order valence-corrected chi connectivity index (χ1v) is 12.0. The smallest absolute Gasteiger partial charge is 0.318 e. The predicted octanol–water partition coefficient (Wildman–Crippen LogP) is 3.45. The van der Waals surface area contributed by atoms with Crippen LogP contribution in [0.5, 0.6) is 0 Å². The van der Waals surface area contributed by atoms with Crippen molar-refractivity contribution in [3.63, 3.8) is 0 Å². The highest BCUT2D eigenvalue weighted by Gasteiger charge is 2.27. The summed E-state index contributed by atoms with van der Waals surface area (Å²) in [4.78, 5) is 24.2. The van der Waals surface area contributed by atoms with Crippen molar-refractivity contribution < 1.29 is 13.9 Å². The highest BCUT2D eigenvalue weighted by molar-refractivity contribution is 6.30. The molecule has 184 valence electrons. The molecule has 9 nitrogen and oxygen atoms in total. The number of hydrogen-bond donors (Lipinski definition) is 2. The highest BCUT2D eigenvalue weighted by Crippen LogP contribution is 2.26. The second-order valence-electron chi connectivity index (χ2n) is 8.84. The van der Waals surface area contributed by atoms with Crippen molar-refractivity contribution >= 4 is 23.6 Å². The van der Waals surface area contributed by atoms with Gasteiger partial charge in [-0.3, -0.25) is 4.68 Å². The fraction of sp³-hybridized carbons (Fsp3) is 0.417. The number of carbonyl (C=O) groups excluding carboxylic acids is 1. The maximum Gasteiger partial charge on any atom is 0.318 e. The second-order valence-corrected chi connectivity index (χ2v) is 9.25. The summed E-state index contributed by atoms with van der Waals surface area (Å²) in [5.41, 5.74) is 3.02. The van der Waals surface area contributed by atoms with E-state index >= 15 is 0 Å². The topological polar surface area (TPSA) is 97.2 Å². The van der Waals surface area contributed by atoms with Crippen LogP contribution in [0.1, 0.15) is 41.4 Å². The third-order valence-electron chi connectivity index (χ3n) is 6.36. The van der Waals surface area contributed by atoms with Crippen molar-refractivity contribution in [1.82, 2.24) is 30.0 Å². The Bertz CT molecular complexity index is 1210. The van der Waals surface area contributed by atoms with Crippen LogP contribution in [-0.2, 0) is 24.8 Å². The highest BCUT2D eigenvalue weighted by atomic mass is 35.5. The van der Waals surface area contributed by atoms with Gasteiger partial charge in [-0.25, -0.2) is 19.2 Å². The standard InChI is InChI=1S/C24H27ClFN7O2/c1-32-8-5-20(31-32)22(15-2-3-18(25)19(26)12-15)30-24(34)33-9-4-16-13-27-23(29-21(16)14-33)28-17-6-10-35-11-7-17/h2-3,5,8,12-13,17,22H,4,6-7,9-11,14H2,1H3,(H,30,34)(H,27,28,29)/t22-/m1/s1. The molecule has 4 heterocycles. The Labute approximate surface area is 207 Å². The van der Waals surface area contributed by atoms with Crippen LogP contribution in [0.2, 0.25) is 5.02 Å². The molecule has 3 aromatic rings. The number of nitrogens with one attached hydrogen (secondary N) is 2. The fourth-order valence-corrected chi connectivity index (χ4v) is 4.51. The number of rotatable bonds is 5. The van der Waals surface area contributed by atoms with Gasteiger partial charge in [0.1, 0.15) is 11.9 Å². The fourth-order valence-electron chi connectivity index (χ4n) is 4.39. The van der Waals surface area contributed by atoms with Gasteiger partial charge in [-0.15, -0.1) is 0 Å². The molecule has 2 amide bonds. The number of hydrogen-bond acceptors (Lipinski definition) is 6. The quantitative estimate of drug-likeness (QED) is 0.558. The van der Waals surface area contributed by atoms with E-state index in [4.69, 9.17) is 21.3 Å². The molecule has 35 heavy (non-hydrogen) atoms. The predicted molar refractivity (Wildman–Crippen MR) is 129 cm³/mol. The van der Waals surface area contributed by atoms with Crippen LogP contribution >= 0.6 is 11.6 Å². The number of aryl methyl sites for hydroxylation is 1. The molecular weight excluding hydrogens is 473 g/mol. The molecule has 0 bridgehead atoms. The molecule has 11 heteroatoms. The Morgan fingerprint density at radius 3 is 2.86 bits per heavy atom.